The zero-order valence-electron chi connectivity index (χ0n) is 18.2. The lowest BCUT2D eigenvalue weighted by Gasteiger charge is -2.42. The van der Waals surface area contributed by atoms with Gasteiger partial charge in [-0.3, -0.25) is 4.79 Å². The number of rotatable bonds is 6. The first kappa shape index (κ1) is 20.4. The van der Waals surface area contributed by atoms with Gasteiger partial charge in [0.2, 0.25) is 5.91 Å². The standard InChI is InChI=1S/C24H29N5OS/c1-17-6-9-22(25-12-17)29-19-7-8-20(29)15-28(14-19)23(30)10-11-27(2)13-18-4-3-5-21-24(18)31-16-26-21/h3-6,9,12,16,19-20H,7-8,10-11,13-15H2,1-2H3. The van der Waals surface area contributed by atoms with Gasteiger partial charge >= 0.3 is 0 Å². The third-order valence-electron chi connectivity index (χ3n) is 6.58. The molecule has 0 saturated carbocycles. The summed E-state index contributed by atoms with van der Waals surface area (Å²) in [6, 6.07) is 11.3. The van der Waals surface area contributed by atoms with Gasteiger partial charge in [0.25, 0.3) is 0 Å². The maximum Gasteiger partial charge on any atom is 0.223 e. The molecule has 0 radical (unpaired) electrons. The highest BCUT2D eigenvalue weighted by Crippen LogP contribution is 2.34. The van der Waals surface area contributed by atoms with E-state index in [9.17, 15) is 4.79 Å². The summed E-state index contributed by atoms with van der Waals surface area (Å²) in [5.74, 6) is 1.33. The number of likely N-dealkylation sites (tertiary alicyclic amines) is 1. The average Bonchev–Trinajstić information content (AvgIpc) is 3.35. The van der Waals surface area contributed by atoms with Crippen molar-refractivity contribution in [2.45, 2.75) is 44.8 Å². The van der Waals surface area contributed by atoms with Crippen LogP contribution in [0.1, 0.15) is 30.4 Å². The molecule has 1 aromatic carbocycles. The molecule has 5 rings (SSSR count). The maximum absolute atomic E-state index is 13.0. The number of fused-ring (bicyclic) bond motifs is 3. The van der Waals surface area contributed by atoms with Gasteiger partial charge in [-0.05, 0) is 50.1 Å². The number of nitrogens with zero attached hydrogens (tertiary/aromatic N) is 5. The van der Waals surface area contributed by atoms with E-state index in [4.69, 9.17) is 0 Å². The van der Waals surface area contributed by atoms with Gasteiger partial charge in [-0.15, -0.1) is 11.3 Å². The van der Waals surface area contributed by atoms with Gasteiger partial charge in [0.05, 0.1) is 15.7 Å². The fourth-order valence-electron chi connectivity index (χ4n) is 4.98. The van der Waals surface area contributed by atoms with E-state index in [0.29, 0.717) is 18.5 Å². The van der Waals surface area contributed by atoms with Gasteiger partial charge in [0.15, 0.2) is 0 Å². The number of carbonyl (C=O) groups excluding carboxylic acids is 1. The van der Waals surface area contributed by atoms with E-state index in [0.717, 1.165) is 50.4 Å². The normalized spacial score (nSPS) is 20.7. The van der Waals surface area contributed by atoms with Gasteiger partial charge < -0.3 is 14.7 Å². The number of amides is 1. The minimum Gasteiger partial charge on any atom is -0.347 e. The summed E-state index contributed by atoms with van der Waals surface area (Å²) in [7, 11) is 2.10. The molecule has 2 atom stereocenters. The number of thiazole rings is 1. The van der Waals surface area contributed by atoms with E-state index in [1.165, 1.54) is 15.8 Å². The highest BCUT2D eigenvalue weighted by Gasteiger charge is 2.41. The Kier molecular flexibility index (Phi) is 5.63. The molecule has 2 saturated heterocycles. The minimum absolute atomic E-state index is 0.274. The van der Waals surface area contributed by atoms with Gasteiger partial charge in [-0.1, -0.05) is 18.2 Å². The molecular formula is C24H29N5OS. The van der Waals surface area contributed by atoms with Crippen LogP contribution in [0.3, 0.4) is 0 Å². The number of pyridine rings is 1. The van der Waals surface area contributed by atoms with Crippen molar-refractivity contribution in [1.82, 2.24) is 19.8 Å². The molecule has 2 unspecified atom stereocenters. The molecule has 162 valence electrons. The molecule has 2 aromatic heterocycles. The summed E-state index contributed by atoms with van der Waals surface area (Å²) in [5.41, 5.74) is 5.42. The third-order valence-corrected chi connectivity index (χ3v) is 7.50. The zero-order valence-corrected chi connectivity index (χ0v) is 19.0. The Hall–Kier alpha value is -2.51. The molecule has 7 heteroatoms. The van der Waals surface area contributed by atoms with E-state index < -0.39 is 0 Å². The fraction of sp³-hybridized carbons (Fsp3) is 0.458. The fourth-order valence-corrected chi connectivity index (χ4v) is 5.77. The Morgan fingerprint density at radius 2 is 1.97 bits per heavy atom. The lowest BCUT2D eigenvalue weighted by Crippen LogP contribution is -2.56. The highest BCUT2D eigenvalue weighted by atomic mass is 32.1. The number of aryl methyl sites for hydroxylation is 1. The van der Waals surface area contributed by atoms with Crippen molar-refractivity contribution >= 4 is 33.3 Å². The molecule has 6 nitrogen and oxygen atoms in total. The number of benzene rings is 1. The molecule has 1 amide bonds. The molecule has 2 aliphatic heterocycles. The number of aromatic nitrogens is 2. The first-order valence-corrected chi connectivity index (χ1v) is 11.9. The van der Waals surface area contributed by atoms with Crippen molar-refractivity contribution in [1.29, 1.82) is 0 Å². The first-order valence-electron chi connectivity index (χ1n) is 11.1. The maximum atomic E-state index is 13.0. The van der Waals surface area contributed by atoms with E-state index >= 15 is 0 Å². The van der Waals surface area contributed by atoms with E-state index in [-0.39, 0.29) is 5.91 Å². The number of hydrogen-bond acceptors (Lipinski definition) is 6. The third kappa shape index (κ3) is 4.16. The molecule has 2 fully saturated rings. The predicted octanol–water partition coefficient (Wildman–Crippen LogP) is 3.70. The second-order valence-electron chi connectivity index (χ2n) is 8.89. The summed E-state index contributed by atoms with van der Waals surface area (Å²) in [6.45, 7) is 5.30. The van der Waals surface area contributed by atoms with Gasteiger partial charge in [-0.2, -0.15) is 0 Å². The van der Waals surface area contributed by atoms with Crippen molar-refractivity contribution in [3.8, 4) is 0 Å². The minimum atomic E-state index is 0.274. The molecule has 0 aliphatic carbocycles. The van der Waals surface area contributed by atoms with Gasteiger partial charge in [-0.25, -0.2) is 9.97 Å². The Labute approximate surface area is 187 Å². The van der Waals surface area contributed by atoms with Crippen LogP contribution < -0.4 is 4.90 Å². The number of anilines is 1. The average molecular weight is 436 g/mol. The lowest BCUT2D eigenvalue weighted by atomic mass is 10.1. The van der Waals surface area contributed by atoms with Crippen LogP contribution in [0.5, 0.6) is 0 Å². The largest absolute Gasteiger partial charge is 0.347 e. The quantitative estimate of drug-likeness (QED) is 0.591. The summed E-state index contributed by atoms with van der Waals surface area (Å²) >= 11 is 1.69. The van der Waals surface area contributed by atoms with Crippen molar-refractivity contribution in [2.75, 3.05) is 31.6 Å². The van der Waals surface area contributed by atoms with E-state index in [2.05, 4.69) is 69.0 Å². The molecule has 0 N–H and O–H groups in total. The summed E-state index contributed by atoms with van der Waals surface area (Å²) in [6.07, 6.45) is 4.79. The van der Waals surface area contributed by atoms with Crippen LogP contribution in [0, 0.1) is 6.92 Å². The van der Waals surface area contributed by atoms with E-state index in [1.807, 2.05) is 11.7 Å². The predicted molar refractivity (Wildman–Crippen MR) is 125 cm³/mol. The molecule has 4 heterocycles. The second-order valence-corrected chi connectivity index (χ2v) is 9.75. The number of carbonyl (C=O) groups is 1. The van der Waals surface area contributed by atoms with Crippen molar-refractivity contribution < 1.29 is 4.79 Å². The molecule has 3 aromatic rings. The Morgan fingerprint density at radius 3 is 2.71 bits per heavy atom. The highest BCUT2D eigenvalue weighted by molar-refractivity contribution is 7.16. The Bertz CT molecular complexity index is 1050. The van der Waals surface area contributed by atoms with Crippen LogP contribution in [0.15, 0.2) is 42.0 Å². The van der Waals surface area contributed by atoms with Crippen LogP contribution in [-0.4, -0.2) is 64.4 Å². The van der Waals surface area contributed by atoms with Crippen molar-refractivity contribution in [2.24, 2.45) is 0 Å². The smallest absolute Gasteiger partial charge is 0.223 e. The Balaban J connectivity index is 1.16. The second kappa shape index (κ2) is 8.55. The number of piperazine rings is 1. The molecule has 2 aliphatic rings. The van der Waals surface area contributed by atoms with Crippen LogP contribution >= 0.6 is 11.3 Å². The van der Waals surface area contributed by atoms with Crippen LogP contribution in [0.25, 0.3) is 10.2 Å². The monoisotopic (exact) mass is 435 g/mol. The van der Waals surface area contributed by atoms with Crippen LogP contribution in [0.2, 0.25) is 0 Å². The topological polar surface area (TPSA) is 52.6 Å². The summed E-state index contributed by atoms with van der Waals surface area (Å²) < 4.78 is 1.25. The Morgan fingerprint density at radius 1 is 1.16 bits per heavy atom. The summed E-state index contributed by atoms with van der Waals surface area (Å²) in [4.78, 5) is 28.8. The molecule has 31 heavy (non-hydrogen) atoms. The van der Waals surface area contributed by atoms with Crippen molar-refractivity contribution in [3.63, 3.8) is 0 Å². The number of hydrogen-bond donors (Lipinski definition) is 0. The zero-order chi connectivity index (χ0) is 21.4. The van der Waals surface area contributed by atoms with Crippen LogP contribution in [-0.2, 0) is 11.3 Å². The van der Waals surface area contributed by atoms with Gasteiger partial charge in [0.1, 0.15) is 5.82 Å². The SMILES string of the molecule is Cc1ccc(N2C3CCC2CN(C(=O)CCN(C)Cc2cccc4ncsc24)C3)nc1. The summed E-state index contributed by atoms with van der Waals surface area (Å²) in [5, 5.41) is 0. The molecule has 0 spiro atoms. The van der Waals surface area contributed by atoms with Gasteiger partial charge in [0, 0.05) is 50.9 Å². The van der Waals surface area contributed by atoms with Crippen LogP contribution in [0.4, 0.5) is 5.82 Å². The lowest BCUT2D eigenvalue weighted by molar-refractivity contribution is -0.132. The molecule has 2 bridgehead atoms. The molecular weight excluding hydrogens is 406 g/mol. The first-order chi connectivity index (χ1) is 15.1. The van der Waals surface area contributed by atoms with E-state index in [1.54, 1.807) is 11.3 Å². The van der Waals surface area contributed by atoms with Crippen molar-refractivity contribution in [3.05, 3.63) is 53.2 Å².